The molecule has 0 saturated carbocycles. The molecule has 0 rings (SSSR count). The third-order valence-electron chi connectivity index (χ3n) is 1.54. The summed E-state index contributed by atoms with van der Waals surface area (Å²) in [5.74, 6) is 0.0905. The van der Waals surface area contributed by atoms with Crippen LogP contribution < -0.4 is 0 Å². The normalized spacial score (nSPS) is 15.1. The summed E-state index contributed by atoms with van der Waals surface area (Å²) < 4.78 is 35.2. The maximum atomic E-state index is 11.7. The fourth-order valence-electron chi connectivity index (χ4n) is 0.491. The van der Waals surface area contributed by atoms with E-state index in [-0.39, 0.29) is 5.92 Å². The van der Waals surface area contributed by atoms with Crippen molar-refractivity contribution in [3.05, 3.63) is 12.2 Å². The monoisotopic (exact) mass is 179 g/mol. The SMILES string of the molecule is CCC(C)/C=C\C(=N)C(F)(F)F. The van der Waals surface area contributed by atoms with E-state index in [1.807, 2.05) is 6.92 Å². The van der Waals surface area contributed by atoms with Gasteiger partial charge >= 0.3 is 6.18 Å². The van der Waals surface area contributed by atoms with Gasteiger partial charge in [-0.25, -0.2) is 0 Å². The van der Waals surface area contributed by atoms with Gasteiger partial charge in [0.15, 0.2) is 0 Å². The van der Waals surface area contributed by atoms with Crippen LogP contribution in [-0.4, -0.2) is 11.9 Å². The minimum Gasteiger partial charge on any atom is -0.296 e. The summed E-state index contributed by atoms with van der Waals surface area (Å²) in [6.07, 6.45) is -1.52. The molecule has 70 valence electrons. The molecule has 0 bridgehead atoms. The van der Waals surface area contributed by atoms with Crippen LogP contribution in [0.15, 0.2) is 12.2 Å². The minimum absolute atomic E-state index is 0.0905. The van der Waals surface area contributed by atoms with Gasteiger partial charge < -0.3 is 0 Å². The fraction of sp³-hybridized carbons (Fsp3) is 0.625. The lowest BCUT2D eigenvalue weighted by molar-refractivity contribution is -0.0584. The predicted molar refractivity (Wildman–Crippen MR) is 42.4 cm³/mol. The van der Waals surface area contributed by atoms with Crippen LogP contribution in [0, 0.1) is 11.3 Å². The van der Waals surface area contributed by atoms with Crippen LogP contribution in [0.2, 0.25) is 0 Å². The second kappa shape index (κ2) is 4.28. The maximum absolute atomic E-state index is 11.7. The number of alkyl halides is 3. The summed E-state index contributed by atoms with van der Waals surface area (Å²) in [6, 6.07) is 0. The smallest absolute Gasteiger partial charge is 0.296 e. The minimum atomic E-state index is -4.51. The van der Waals surface area contributed by atoms with Crippen LogP contribution in [0.5, 0.6) is 0 Å². The predicted octanol–water partition coefficient (Wildman–Crippen LogP) is 3.17. The number of halogens is 3. The second-order valence-corrected chi connectivity index (χ2v) is 2.66. The van der Waals surface area contributed by atoms with Crippen molar-refractivity contribution in [1.29, 1.82) is 5.41 Å². The summed E-state index contributed by atoms with van der Waals surface area (Å²) in [4.78, 5) is 0. The highest BCUT2D eigenvalue weighted by Gasteiger charge is 2.32. The molecule has 1 N–H and O–H groups in total. The van der Waals surface area contributed by atoms with E-state index in [4.69, 9.17) is 5.41 Å². The molecule has 1 atom stereocenters. The number of rotatable bonds is 3. The van der Waals surface area contributed by atoms with Gasteiger partial charge in [0, 0.05) is 0 Å². The highest BCUT2D eigenvalue weighted by Crippen LogP contribution is 2.17. The third-order valence-corrected chi connectivity index (χ3v) is 1.54. The first kappa shape index (κ1) is 11.2. The first-order chi connectivity index (χ1) is 5.38. The number of hydrogen-bond acceptors (Lipinski definition) is 1. The van der Waals surface area contributed by atoms with Crippen molar-refractivity contribution in [3.63, 3.8) is 0 Å². The average Bonchev–Trinajstić information content (AvgIpc) is 1.97. The summed E-state index contributed by atoms with van der Waals surface area (Å²) in [6.45, 7) is 3.69. The number of nitrogens with one attached hydrogen (secondary N) is 1. The van der Waals surface area contributed by atoms with Crippen LogP contribution in [0.25, 0.3) is 0 Å². The lowest BCUT2D eigenvalue weighted by atomic mass is 10.1. The Hall–Kier alpha value is -0.800. The molecular weight excluding hydrogens is 167 g/mol. The molecule has 0 aliphatic heterocycles. The van der Waals surface area contributed by atoms with E-state index < -0.39 is 11.9 Å². The van der Waals surface area contributed by atoms with Crippen molar-refractivity contribution in [2.75, 3.05) is 0 Å². The molecule has 0 fully saturated rings. The molecule has 1 unspecified atom stereocenters. The van der Waals surface area contributed by atoms with E-state index in [0.717, 1.165) is 12.5 Å². The molecule has 0 aliphatic carbocycles. The molecular formula is C8H12F3N. The summed E-state index contributed by atoms with van der Waals surface area (Å²) >= 11 is 0. The Morgan fingerprint density at radius 1 is 1.50 bits per heavy atom. The van der Waals surface area contributed by atoms with E-state index in [0.29, 0.717) is 0 Å². The van der Waals surface area contributed by atoms with Crippen molar-refractivity contribution < 1.29 is 13.2 Å². The molecule has 0 aromatic rings. The first-order valence-corrected chi connectivity index (χ1v) is 3.71. The van der Waals surface area contributed by atoms with Gasteiger partial charge in [-0.05, 0) is 12.0 Å². The molecule has 0 aromatic heterocycles. The summed E-state index contributed by atoms with van der Waals surface area (Å²) in [5, 5.41) is 6.60. The lowest BCUT2D eigenvalue weighted by Gasteiger charge is -2.04. The quantitative estimate of drug-likeness (QED) is 0.643. The zero-order valence-corrected chi connectivity index (χ0v) is 7.07. The Labute approximate surface area is 69.8 Å². The van der Waals surface area contributed by atoms with Crippen LogP contribution in [0.3, 0.4) is 0 Å². The van der Waals surface area contributed by atoms with Crippen molar-refractivity contribution in [2.45, 2.75) is 26.4 Å². The number of hydrogen-bond donors (Lipinski definition) is 1. The summed E-state index contributed by atoms with van der Waals surface area (Å²) in [5.41, 5.74) is -1.29. The maximum Gasteiger partial charge on any atom is 0.432 e. The van der Waals surface area contributed by atoms with E-state index in [2.05, 4.69) is 0 Å². The Bertz CT molecular complexity index is 181. The van der Waals surface area contributed by atoms with Gasteiger partial charge in [0.1, 0.15) is 5.71 Å². The molecule has 0 amide bonds. The molecule has 4 heteroatoms. The molecule has 0 aromatic carbocycles. The zero-order chi connectivity index (χ0) is 9.78. The Morgan fingerprint density at radius 2 is 2.00 bits per heavy atom. The summed E-state index contributed by atoms with van der Waals surface area (Å²) in [7, 11) is 0. The van der Waals surface area contributed by atoms with Gasteiger partial charge in [0.25, 0.3) is 0 Å². The molecule has 1 nitrogen and oxygen atoms in total. The fourth-order valence-corrected chi connectivity index (χ4v) is 0.491. The molecule has 0 saturated heterocycles. The van der Waals surface area contributed by atoms with Crippen molar-refractivity contribution >= 4 is 5.71 Å². The Kier molecular flexibility index (Phi) is 4.00. The van der Waals surface area contributed by atoms with Crippen LogP contribution in [0.1, 0.15) is 20.3 Å². The third kappa shape index (κ3) is 4.16. The highest BCUT2D eigenvalue weighted by molar-refractivity contribution is 5.96. The highest BCUT2D eigenvalue weighted by atomic mass is 19.4. The topological polar surface area (TPSA) is 23.9 Å². The lowest BCUT2D eigenvalue weighted by Crippen LogP contribution is -2.19. The van der Waals surface area contributed by atoms with Gasteiger partial charge in [-0.3, -0.25) is 5.41 Å². The van der Waals surface area contributed by atoms with Gasteiger partial charge in [-0.15, -0.1) is 0 Å². The Balaban J connectivity index is 4.10. The first-order valence-electron chi connectivity index (χ1n) is 3.71. The van der Waals surface area contributed by atoms with Crippen LogP contribution in [0.4, 0.5) is 13.2 Å². The molecule has 0 spiro atoms. The average molecular weight is 179 g/mol. The molecule has 0 radical (unpaired) electrons. The van der Waals surface area contributed by atoms with Crippen molar-refractivity contribution in [3.8, 4) is 0 Å². The van der Waals surface area contributed by atoms with Crippen LogP contribution in [-0.2, 0) is 0 Å². The zero-order valence-electron chi connectivity index (χ0n) is 7.07. The van der Waals surface area contributed by atoms with Gasteiger partial charge in [0.2, 0.25) is 0 Å². The van der Waals surface area contributed by atoms with E-state index in [1.165, 1.54) is 6.08 Å². The second-order valence-electron chi connectivity index (χ2n) is 2.66. The van der Waals surface area contributed by atoms with E-state index >= 15 is 0 Å². The largest absolute Gasteiger partial charge is 0.432 e. The van der Waals surface area contributed by atoms with Gasteiger partial charge in [-0.1, -0.05) is 26.3 Å². The van der Waals surface area contributed by atoms with E-state index in [9.17, 15) is 13.2 Å². The Morgan fingerprint density at radius 3 is 2.33 bits per heavy atom. The standard InChI is InChI=1S/C8H12F3N/c1-3-6(2)4-5-7(12)8(9,10)11/h4-6,12H,3H2,1-2H3/b5-4-,12-7?. The molecule has 0 aliphatic rings. The molecule has 0 heterocycles. The van der Waals surface area contributed by atoms with Crippen molar-refractivity contribution in [1.82, 2.24) is 0 Å². The van der Waals surface area contributed by atoms with E-state index in [1.54, 1.807) is 6.92 Å². The van der Waals surface area contributed by atoms with Crippen LogP contribution >= 0.6 is 0 Å². The van der Waals surface area contributed by atoms with Gasteiger partial charge in [-0.2, -0.15) is 13.2 Å². The van der Waals surface area contributed by atoms with Gasteiger partial charge in [0.05, 0.1) is 0 Å². The molecule has 12 heavy (non-hydrogen) atoms. The number of allylic oxidation sites excluding steroid dienone is 2. The van der Waals surface area contributed by atoms with Crippen molar-refractivity contribution in [2.24, 2.45) is 5.92 Å².